The van der Waals surface area contributed by atoms with Crippen molar-refractivity contribution in [1.82, 2.24) is 14.7 Å². The highest BCUT2D eigenvalue weighted by Gasteiger charge is 2.11. The Morgan fingerprint density at radius 3 is 2.55 bits per heavy atom. The van der Waals surface area contributed by atoms with Crippen molar-refractivity contribution in [3.05, 3.63) is 52.3 Å². The molecule has 0 saturated carbocycles. The van der Waals surface area contributed by atoms with Crippen LogP contribution < -0.4 is 5.56 Å². The van der Waals surface area contributed by atoms with Crippen molar-refractivity contribution in [3.63, 3.8) is 0 Å². The van der Waals surface area contributed by atoms with Crippen LogP contribution in [0.3, 0.4) is 0 Å². The molecule has 0 spiro atoms. The molecule has 1 aliphatic rings. The van der Waals surface area contributed by atoms with E-state index in [1.54, 1.807) is 10.7 Å². The van der Waals surface area contributed by atoms with Crippen LogP contribution in [0.4, 0.5) is 0 Å². The molecule has 0 N–H and O–H groups in total. The van der Waals surface area contributed by atoms with E-state index in [4.69, 9.17) is 0 Å². The summed E-state index contributed by atoms with van der Waals surface area (Å²) in [5.41, 5.74) is 3.12. The van der Waals surface area contributed by atoms with Crippen LogP contribution in [0.15, 0.2) is 41.2 Å². The van der Waals surface area contributed by atoms with E-state index in [1.165, 1.54) is 24.8 Å². The third kappa shape index (κ3) is 3.45. The first kappa shape index (κ1) is 15.0. The van der Waals surface area contributed by atoms with E-state index in [2.05, 4.69) is 29.1 Å². The van der Waals surface area contributed by atoms with E-state index >= 15 is 0 Å². The minimum absolute atomic E-state index is 0.0191. The van der Waals surface area contributed by atoms with Crippen molar-refractivity contribution in [1.29, 1.82) is 0 Å². The zero-order chi connectivity index (χ0) is 15.4. The summed E-state index contributed by atoms with van der Waals surface area (Å²) in [6.45, 7) is 5.93. The van der Waals surface area contributed by atoms with Crippen LogP contribution in [0, 0.1) is 6.92 Å². The van der Waals surface area contributed by atoms with Gasteiger partial charge in [-0.2, -0.15) is 5.10 Å². The molecule has 0 bridgehead atoms. The van der Waals surface area contributed by atoms with E-state index < -0.39 is 0 Å². The van der Waals surface area contributed by atoms with Crippen molar-refractivity contribution < 1.29 is 0 Å². The number of nitrogens with zero attached hydrogens (tertiary/aromatic N) is 3. The molecule has 1 saturated heterocycles. The maximum Gasteiger partial charge on any atom is 0.266 e. The van der Waals surface area contributed by atoms with Gasteiger partial charge in [-0.3, -0.25) is 4.79 Å². The van der Waals surface area contributed by atoms with Gasteiger partial charge in [-0.1, -0.05) is 30.7 Å². The first-order valence-corrected chi connectivity index (χ1v) is 8.10. The summed E-state index contributed by atoms with van der Waals surface area (Å²) in [5.74, 6) is 0. The normalized spacial score (nSPS) is 15.9. The Balaban J connectivity index is 1.78. The van der Waals surface area contributed by atoms with Gasteiger partial charge in [0, 0.05) is 18.2 Å². The Morgan fingerprint density at radius 2 is 1.77 bits per heavy atom. The predicted octanol–water partition coefficient (Wildman–Crippen LogP) is 2.70. The van der Waals surface area contributed by atoms with Gasteiger partial charge in [-0.15, -0.1) is 0 Å². The van der Waals surface area contributed by atoms with Gasteiger partial charge in [0.05, 0.1) is 12.2 Å². The number of aromatic nitrogens is 2. The molecule has 1 aromatic heterocycles. The predicted molar refractivity (Wildman–Crippen MR) is 89.0 cm³/mol. The molecule has 4 heteroatoms. The maximum absolute atomic E-state index is 12.0. The lowest BCUT2D eigenvalue weighted by molar-refractivity contribution is 0.216. The van der Waals surface area contributed by atoms with E-state index in [-0.39, 0.29) is 5.56 Å². The number of rotatable bonds is 4. The Bertz CT molecular complexity index is 687. The topological polar surface area (TPSA) is 38.1 Å². The minimum Gasteiger partial charge on any atom is -0.301 e. The van der Waals surface area contributed by atoms with Gasteiger partial charge in [0.25, 0.3) is 5.56 Å². The second-order valence-electron chi connectivity index (χ2n) is 6.00. The number of hydrogen-bond acceptors (Lipinski definition) is 3. The lowest BCUT2D eigenvalue weighted by Crippen LogP contribution is -2.35. The van der Waals surface area contributed by atoms with E-state index in [9.17, 15) is 4.79 Å². The monoisotopic (exact) mass is 297 g/mol. The molecule has 4 nitrogen and oxygen atoms in total. The average molecular weight is 297 g/mol. The second-order valence-corrected chi connectivity index (χ2v) is 6.00. The summed E-state index contributed by atoms with van der Waals surface area (Å²) in [6.07, 6.45) is 3.87. The lowest BCUT2D eigenvalue weighted by Gasteiger charge is -2.26. The molecule has 0 amide bonds. The van der Waals surface area contributed by atoms with Gasteiger partial charge in [-0.05, 0) is 44.5 Å². The van der Waals surface area contributed by atoms with Crippen LogP contribution >= 0.6 is 0 Å². The second kappa shape index (κ2) is 6.88. The van der Waals surface area contributed by atoms with Crippen molar-refractivity contribution in [2.24, 2.45) is 0 Å². The summed E-state index contributed by atoms with van der Waals surface area (Å²) >= 11 is 0. The zero-order valence-corrected chi connectivity index (χ0v) is 13.2. The Kier molecular flexibility index (Phi) is 4.68. The fraction of sp³-hybridized carbons (Fsp3) is 0.444. The molecule has 116 valence electrons. The molecule has 0 aliphatic carbocycles. The quantitative estimate of drug-likeness (QED) is 0.871. The molecular formula is C18H23N3O. The number of benzene rings is 1. The molecule has 22 heavy (non-hydrogen) atoms. The zero-order valence-electron chi connectivity index (χ0n) is 13.2. The van der Waals surface area contributed by atoms with Crippen LogP contribution in [0.25, 0.3) is 11.3 Å². The molecule has 3 rings (SSSR count). The van der Waals surface area contributed by atoms with Crippen LogP contribution in [0.1, 0.15) is 24.8 Å². The average Bonchev–Trinajstić information content (AvgIpc) is 2.56. The Labute approximate surface area is 131 Å². The number of aryl methyl sites for hydroxylation is 1. The maximum atomic E-state index is 12.0. The van der Waals surface area contributed by atoms with Crippen LogP contribution in [-0.2, 0) is 6.54 Å². The third-order valence-electron chi connectivity index (χ3n) is 4.36. The summed E-state index contributed by atoms with van der Waals surface area (Å²) in [4.78, 5) is 14.5. The van der Waals surface area contributed by atoms with Gasteiger partial charge in [0.15, 0.2) is 0 Å². The number of hydrogen-bond donors (Lipinski definition) is 0. The van der Waals surface area contributed by atoms with Gasteiger partial charge >= 0.3 is 0 Å². The lowest BCUT2D eigenvalue weighted by atomic mass is 10.1. The van der Waals surface area contributed by atoms with Gasteiger partial charge in [0.1, 0.15) is 0 Å². The van der Waals surface area contributed by atoms with E-state index in [0.717, 1.165) is 30.9 Å². The van der Waals surface area contributed by atoms with Crippen LogP contribution in [0.5, 0.6) is 0 Å². The van der Waals surface area contributed by atoms with Gasteiger partial charge < -0.3 is 4.90 Å². The van der Waals surface area contributed by atoms with Crippen LogP contribution in [-0.4, -0.2) is 34.3 Å². The van der Waals surface area contributed by atoms with E-state index in [1.807, 2.05) is 18.2 Å². The standard InChI is InChI=1S/C18H23N3O/c1-15-7-3-4-8-16(15)17-9-10-18(22)21(19-17)14-13-20-11-5-2-6-12-20/h3-4,7-10H,2,5-6,11-14H2,1H3. The smallest absolute Gasteiger partial charge is 0.266 e. The number of piperidine rings is 1. The fourth-order valence-corrected chi connectivity index (χ4v) is 3.03. The van der Waals surface area contributed by atoms with Crippen molar-refractivity contribution >= 4 is 0 Å². The summed E-state index contributed by atoms with van der Waals surface area (Å²) < 4.78 is 1.61. The summed E-state index contributed by atoms with van der Waals surface area (Å²) in [7, 11) is 0. The highest BCUT2D eigenvalue weighted by Crippen LogP contribution is 2.19. The summed E-state index contributed by atoms with van der Waals surface area (Å²) in [6, 6.07) is 11.6. The van der Waals surface area contributed by atoms with Gasteiger partial charge in [0.2, 0.25) is 0 Å². The number of likely N-dealkylation sites (tertiary alicyclic amines) is 1. The Hall–Kier alpha value is -1.94. The highest BCUT2D eigenvalue weighted by molar-refractivity contribution is 5.62. The molecule has 1 fully saturated rings. The van der Waals surface area contributed by atoms with Crippen LogP contribution in [0.2, 0.25) is 0 Å². The molecule has 2 heterocycles. The highest BCUT2D eigenvalue weighted by atomic mass is 16.1. The third-order valence-corrected chi connectivity index (χ3v) is 4.36. The first-order valence-electron chi connectivity index (χ1n) is 8.10. The molecule has 0 radical (unpaired) electrons. The minimum atomic E-state index is -0.0191. The molecule has 0 unspecified atom stereocenters. The van der Waals surface area contributed by atoms with Crippen molar-refractivity contribution in [3.8, 4) is 11.3 Å². The molecule has 0 atom stereocenters. The fourth-order valence-electron chi connectivity index (χ4n) is 3.03. The first-order chi connectivity index (χ1) is 10.7. The molecular weight excluding hydrogens is 274 g/mol. The van der Waals surface area contributed by atoms with E-state index in [0.29, 0.717) is 6.54 Å². The molecule has 1 aliphatic heterocycles. The summed E-state index contributed by atoms with van der Waals surface area (Å²) in [5, 5.41) is 4.57. The van der Waals surface area contributed by atoms with Crippen molar-refractivity contribution in [2.45, 2.75) is 32.7 Å². The SMILES string of the molecule is Cc1ccccc1-c1ccc(=O)n(CCN2CCCCC2)n1. The largest absolute Gasteiger partial charge is 0.301 e. The van der Waals surface area contributed by atoms with Crippen molar-refractivity contribution in [2.75, 3.05) is 19.6 Å². The molecule has 2 aromatic rings. The van der Waals surface area contributed by atoms with Gasteiger partial charge in [-0.25, -0.2) is 4.68 Å². The molecule has 1 aromatic carbocycles. The Morgan fingerprint density at radius 1 is 1.00 bits per heavy atom.